The Morgan fingerprint density at radius 1 is 1.06 bits per heavy atom. The van der Waals surface area contributed by atoms with Crippen LogP contribution >= 0.6 is 0 Å². The van der Waals surface area contributed by atoms with Crippen LogP contribution in [0.4, 0.5) is 18.9 Å². The summed E-state index contributed by atoms with van der Waals surface area (Å²) < 4.78 is 42.4. The van der Waals surface area contributed by atoms with Gasteiger partial charge in [-0.2, -0.15) is 0 Å². The first-order valence-electron chi connectivity index (χ1n) is 11.3. The summed E-state index contributed by atoms with van der Waals surface area (Å²) in [5, 5.41) is 0.591. The molecule has 1 aromatic heterocycles. The predicted molar refractivity (Wildman–Crippen MR) is 125 cm³/mol. The summed E-state index contributed by atoms with van der Waals surface area (Å²) in [5.74, 6) is -0.320. The molecule has 0 saturated carbocycles. The van der Waals surface area contributed by atoms with Crippen molar-refractivity contribution in [2.24, 2.45) is 0 Å². The second-order valence-corrected chi connectivity index (χ2v) is 8.27. The van der Waals surface area contributed by atoms with Crippen molar-refractivity contribution in [3.05, 3.63) is 58.3 Å². The van der Waals surface area contributed by atoms with Crippen molar-refractivity contribution >= 4 is 16.6 Å². The van der Waals surface area contributed by atoms with Crippen LogP contribution in [-0.2, 0) is 6.54 Å². The Labute approximate surface area is 190 Å². The molecule has 0 unspecified atom stereocenters. The highest BCUT2D eigenvalue weighted by molar-refractivity contribution is 5.86. The van der Waals surface area contributed by atoms with Gasteiger partial charge in [-0.25, -0.2) is 0 Å². The zero-order chi connectivity index (χ0) is 23.6. The van der Waals surface area contributed by atoms with E-state index in [9.17, 15) is 18.0 Å². The maximum Gasteiger partial charge on any atom is 0.573 e. The lowest BCUT2D eigenvalue weighted by Crippen LogP contribution is -2.27. The highest BCUT2D eigenvalue weighted by Crippen LogP contribution is 2.31. The van der Waals surface area contributed by atoms with Gasteiger partial charge in [0.05, 0.1) is 5.69 Å². The standard InChI is InChI=1S/C25H28F3N3O2/c1-3-30(4-2)16-21-23(17-8-7-9-19(14-17)33-25(26,27)28)29-22-11-10-18(15-20(22)24(21)32)31-12-5-6-13-31/h7-11,14-15H,3-6,12-13,16H2,1-2H3,(H,29,32). The van der Waals surface area contributed by atoms with Crippen molar-refractivity contribution in [3.8, 4) is 17.0 Å². The number of benzene rings is 2. The van der Waals surface area contributed by atoms with E-state index in [0.717, 1.165) is 44.7 Å². The molecule has 8 heteroatoms. The summed E-state index contributed by atoms with van der Waals surface area (Å²) in [6.45, 7) is 7.87. The first-order valence-corrected chi connectivity index (χ1v) is 11.3. The van der Waals surface area contributed by atoms with Gasteiger partial charge in [-0.05, 0) is 56.3 Å². The Bertz CT molecular complexity index is 1180. The zero-order valence-electron chi connectivity index (χ0n) is 18.8. The van der Waals surface area contributed by atoms with E-state index in [0.29, 0.717) is 34.3 Å². The number of nitrogens with one attached hydrogen (secondary N) is 1. The number of ether oxygens (including phenoxy) is 1. The smallest absolute Gasteiger partial charge is 0.406 e. The Balaban J connectivity index is 1.86. The molecule has 0 bridgehead atoms. The fourth-order valence-electron chi connectivity index (χ4n) is 4.40. The van der Waals surface area contributed by atoms with E-state index < -0.39 is 6.36 Å². The number of alkyl halides is 3. The minimum Gasteiger partial charge on any atom is -0.406 e. The van der Waals surface area contributed by atoms with Crippen molar-refractivity contribution in [1.82, 2.24) is 9.88 Å². The molecule has 176 valence electrons. The number of aromatic amines is 1. The third-order valence-electron chi connectivity index (χ3n) is 6.19. The molecule has 1 aliphatic heterocycles. The van der Waals surface area contributed by atoms with Gasteiger partial charge in [-0.15, -0.1) is 13.2 Å². The van der Waals surface area contributed by atoms with Crippen LogP contribution in [0.1, 0.15) is 32.3 Å². The van der Waals surface area contributed by atoms with Gasteiger partial charge in [0.1, 0.15) is 5.75 Å². The topological polar surface area (TPSA) is 48.6 Å². The molecule has 0 atom stereocenters. The van der Waals surface area contributed by atoms with Crippen LogP contribution in [0.2, 0.25) is 0 Å². The molecular weight excluding hydrogens is 431 g/mol. The number of anilines is 1. The molecule has 1 N–H and O–H groups in total. The number of halogens is 3. The Morgan fingerprint density at radius 2 is 1.79 bits per heavy atom. The predicted octanol–water partition coefficient (Wildman–Crippen LogP) is 5.54. The van der Waals surface area contributed by atoms with E-state index in [1.54, 1.807) is 6.07 Å². The lowest BCUT2D eigenvalue weighted by atomic mass is 10.0. The molecule has 1 saturated heterocycles. The number of fused-ring (bicyclic) bond motifs is 1. The van der Waals surface area contributed by atoms with E-state index >= 15 is 0 Å². The van der Waals surface area contributed by atoms with E-state index in [1.165, 1.54) is 18.2 Å². The van der Waals surface area contributed by atoms with Crippen LogP contribution in [-0.4, -0.2) is 42.4 Å². The largest absolute Gasteiger partial charge is 0.573 e. The Kier molecular flexibility index (Phi) is 6.65. The summed E-state index contributed by atoms with van der Waals surface area (Å²) in [4.78, 5) is 21.4. The van der Waals surface area contributed by atoms with Gasteiger partial charge in [0.15, 0.2) is 5.43 Å². The molecule has 3 aromatic rings. The minimum absolute atomic E-state index is 0.103. The van der Waals surface area contributed by atoms with Crippen LogP contribution in [0.15, 0.2) is 47.3 Å². The monoisotopic (exact) mass is 459 g/mol. The maximum absolute atomic E-state index is 13.7. The molecule has 2 aromatic carbocycles. The summed E-state index contributed by atoms with van der Waals surface area (Å²) >= 11 is 0. The Morgan fingerprint density at radius 3 is 2.45 bits per heavy atom. The third kappa shape index (κ3) is 5.16. The summed E-state index contributed by atoms with van der Waals surface area (Å²) in [7, 11) is 0. The van der Waals surface area contributed by atoms with Crippen molar-refractivity contribution in [2.75, 3.05) is 31.1 Å². The lowest BCUT2D eigenvalue weighted by molar-refractivity contribution is -0.274. The lowest BCUT2D eigenvalue weighted by Gasteiger charge is -2.22. The van der Waals surface area contributed by atoms with Crippen LogP contribution < -0.4 is 15.1 Å². The molecule has 33 heavy (non-hydrogen) atoms. The van der Waals surface area contributed by atoms with Crippen molar-refractivity contribution in [2.45, 2.75) is 39.6 Å². The van der Waals surface area contributed by atoms with Crippen molar-refractivity contribution in [3.63, 3.8) is 0 Å². The number of aromatic nitrogens is 1. The molecule has 0 amide bonds. The van der Waals surface area contributed by atoms with Gasteiger partial charge in [-0.3, -0.25) is 9.69 Å². The second-order valence-electron chi connectivity index (χ2n) is 8.27. The van der Waals surface area contributed by atoms with E-state index in [4.69, 9.17) is 0 Å². The fourth-order valence-corrected chi connectivity index (χ4v) is 4.40. The van der Waals surface area contributed by atoms with Crippen molar-refractivity contribution in [1.29, 1.82) is 0 Å². The van der Waals surface area contributed by atoms with Crippen molar-refractivity contribution < 1.29 is 17.9 Å². The molecule has 5 nitrogen and oxygen atoms in total. The van der Waals surface area contributed by atoms with Gasteiger partial charge in [-0.1, -0.05) is 26.0 Å². The Hall–Kier alpha value is -3.00. The first-order chi connectivity index (χ1) is 15.8. The highest BCUT2D eigenvalue weighted by atomic mass is 19.4. The first kappa shape index (κ1) is 23.2. The molecular formula is C25H28F3N3O2. The summed E-state index contributed by atoms with van der Waals surface area (Å²) in [6.07, 6.45) is -2.51. The third-order valence-corrected chi connectivity index (χ3v) is 6.19. The number of nitrogens with zero attached hydrogens (tertiary/aromatic N) is 2. The van der Waals surface area contributed by atoms with E-state index in [1.807, 2.05) is 32.0 Å². The van der Waals surface area contributed by atoms with E-state index in [-0.39, 0.29) is 11.2 Å². The van der Waals surface area contributed by atoms with Crippen LogP contribution in [0, 0.1) is 0 Å². The van der Waals surface area contributed by atoms with Gasteiger partial charge in [0, 0.05) is 47.4 Å². The SMILES string of the molecule is CCN(CC)Cc1c(-c2cccc(OC(F)(F)F)c2)[nH]c2ccc(N3CCCC3)cc2c1=O. The minimum atomic E-state index is -4.79. The average molecular weight is 460 g/mol. The average Bonchev–Trinajstić information content (AvgIpc) is 3.32. The number of pyridine rings is 1. The molecule has 1 fully saturated rings. The molecule has 1 aliphatic rings. The molecule has 4 rings (SSSR count). The number of hydrogen-bond acceptors (Lipinski definition) is 4. The maximum atomic E-state index is 13.7. The van der Waals surface area contributed by atoms with Gasteiger partial charge in [0.25, 0.3) is 0 Å². The summed E-state index contributed by atoms with van der Waals surface area (Å²) in [5.41, 5.74) is 3.10. The van der Waals surface area contributed by atoms with Crippen LogP contribution in [0.5, 0.6) is 5.75 Å². The summed E-state index contributed by atoms with van der Waals surface area (Å²) in [6, 6.07) is 11.5. The number of rotatable bonds is 7. The second kappa shape index (κ2) is 9.47. The molecule has 0 radical (unpaired) electrons. The number of hydrogen-bond donors (Lipinski definition) is 1. The normalized spacial score (nSPS) is 14.4. The number of H-pyrrole nitrogens is 1. The highest BCUT2D eigenvalue weighted by Gasteiger charge is 2.31. The van der Waals surface area contributed by atoms with E-state index in [2.05, 4.69) is 19.5 Å². The van der Waals surface area contributed by atoms with Crippen LogP contribution in [0.3, 0.4) is 0 Å². The quantitative estimate of drug-likeness (QED) is 0.504. The van der Waals surface area contributed by atoms with Gasteiger partial charge in [0.2, 0.25) is 0 Å². The molecule has 0 spiro atoms. The molecule has 2 heterocycles. The van der Waals surface area contributed by atoms with Crippen LogP contribution in [0.25, 0.3) is 22.2 Å². The van der Waals surface area contributed by atoms with Gasteiger partial charge < -0.3 is 14.6 Å². The van der Waals surface area contributed by atoms with Gasteiger partial charge >= 0.3 is 6.36 Å². The fraction of sp³-hybridized carbons (Fsp3) is 0.400. The molecule has 0 aliphatic carbocycles. The zero-order valence-corrected chi connectivity index (χ0v) is 18.8.